The summed E-state index contributed by atoms with van der Waals surface area (Å²) in [7, 11) is 0. The smallest absolute Gasteiger partial charge is 0.198 e. The van der Waals surface area contributed by atoms with Gasteiger partial charge in [0.1, 0.15) is 11.5 Å². The number of hydrogen-bond acceptors (Lipinski definition) is 6. The molecule has 0 aliphatic heterocycles. The summed E-state index contributed by atoms with van der Waals surface area (Å²) >= 11 is 0. The lowest BCUT2D eigenvalue weighted by molar-refractivity contribution is 0.0528. The number of hydrogen-bond donors (Lipinski definition) is 3. The summed E-state index contributed by atoms with van der Waals surface area (Å²) < 4.78 is 5.89. The molecule has 0 heterocycles. The van der Waals surface area contributed by atoms with Crippen LogP contribution in [-0.4, -0.2) is 35.0 Å². The Bertz CT molecular complexity index is 947. The van der Waals surface area contributed by atoms with Crippen molar-refractivity contribution in [2.45, 2.75) is 39.5 Å². The van der Waals surface area contributed by atoms with E-state index in [0.717, 1.165) is 19.3 Å². The van der Waals surface area contributed by atoms with Crippen LogP contribution >= 0.6 is 0 Å². The van der Waals surface area contributed by atoms with Crippen LogP contribution < -0.4 is 10.5 Å². The lowest BCUT2D eigenvalue weighted by Gasteiger charge is -2.31. The van der Waals surface area contributed by atoms with Crippen molar-refractivity contribution in [2.24, 2.45) is 5.41 Å². The van der Waals surface area contributed by atoms with Gasteiger partial charge >= 0.3 is 0 Å². The molecule has 6 heteroatoms. The van der Waals surface area contributed by atoms with Gasteiger partial charge in [-0.2, -0.15) is 0 Å². The predicted molar refractivity (Wildman–Crippen MR) is 111 cm³/mol. The Hall–Kier alpha value is -2.86. The van der Waals surface area contributed by atoms with Crippen molar-refractivity contribution in [1.29, 1.82) is 0 Å². The number of fused-ring (bicyclic) bond motifs is 2. The molecule has 1 aliphatic carbocycles. The van der Waals surface area contributed by atoms with Gasteiger partial charge in [-0.25, -0.2) is 0 Å². The molecule has 2 aromatic carbocycles. The maximum absolute atomic E-state index is 13.0. The highest BCUT2D eigenvalue weighted by Gasteiger charge is 2.36. The summed E-state index contributed by atoms with van der Waals surface area (Å²) in [4.78, 5) is 25.8. The number of rotatable bonds is 8. The summed E-state index contributed by atoms with van der Waals surface area (Å²) in [6, 6.07) is 7.76. The average Bonchev–Trinajstić information content (AvgIpc) is 2.74. The first-order chi connectivity index (χ1) is 13.9. The zero-order chi connectivity index (χ0) is 21.2. The maximum atomic E-state index is 13.0. The first-order valence-corrected chi connectivity index (χ1v) is 9.96. The fourth-order valence-electron chi connectivity index (χ4n) is 3.76. The molecule has 1 aliphatic rings. The Morgan fingerprint density at radius 3 is 2.24 bits per heavy atom. The first kappa shape index (κ1) is 20.9. The van der Waals surface area contributed by atoms with Crippen LogP contribution in [0.15, 0.2) is 30.3 Å². The Morgan fingerprint density at radius 1 is 1.07 bits per heavy atom. The van der Waals surface area contributed by atoms with Gasteiger partial charge in [-0.15, -0.1) is 0 Å². The molecule has 0 fully saturated rings. The Balaban J connectivity index is 1.99. The number of aromatic hydroxyl groups is 1. The molecule has 0 saturated heterocycles. The number of nitrogens with two attached hydrogens (primary N) is 1. The van der Waals surface area contributed by atoms with Crippen LogP contribution in [0.3, 0.4) is 0 Å². The van der Waals surface area contributed by atoms with Crippen LogP contribution in [0.2, 0.25) is 0 Å². The molecular weight excluding hydrogens is 370 g/mol. The quantitative estimate of drug-likeness (QED) is 0.395. The number of ketones is 2. The SMILES string of the molecule is CCCCC(CC)(CO)COc1cc(O)c2c(c1N)C(=O)c1ccccc1C2=O. The van der Waals surface area contributed by atoms with Gasteiger partial charge in [0.25, 0.3) is 0 Å². The van der Waals surface area contributed by atoms with Crippen molar-refractivity contribution in [3.63, 3.8) is 0 Å². The summed E-state index contributed by atoms with van der Waals surface area (Å²) in [6.07, 6.45) is 3.45. The molecule has 6 nitrogen and oxygen atoms in total. The molecule has 0 bridgehead atoms. The number of aliphatic hydroxyl groups excluding tert-OH is 1. The number of unbranched alkanes of at least 4 members (excludes halogenated alkanes) is 1. The molecule has 4 N–H and O–H groups in total. The minimum Gasteiger partial charge on any atom is -0.507 e. The standard InChI is InChI=1S/C23H27NO5/c1-3-5-10-23(4-2,12-25)13-29-17-11-16(26)18-19(20(17)24)22(28)15-9-7-6-8-14(15)21(18)27/h6-9,11,25-26H,3-5,10,12-13,24H2,1-2H3. The van der Waals surface area contributed by atoms with E-state index in [0.29, 0.717) is 6.42 Å². The molecule has 0 amide bonds. The highest BCUT2D eigenvalue weighted by atomic mass is 16.5. The third-order valence-electron chi connectivity index (χ3n) is 5.86. The fourth-order valence-corrected chi connectivity index (χ4v) is 3.76. The third kappa shape index (κ3) is 3.60. The molecule has 2 aromatic rings. The molecule has 3 rings (SSSR count). The van der Waals surface area contributed by atoms with Crippen LogP contribution in [0.1, 0.15) is 71.4 Å². The van der Waals surface area contributed by atoms with Crippen molar-refractivity contribution >= 4 is 17.3 Å². The van der Waals surface area contributed by atoms with Crippen molar-refractivity contribution < 1.29 is 24.5 Å². The molecule has 0 saturated carbocycles. The number of carbonyl (C=O) groups excluding carboxylic acids is 2. The van der Waals surface area contributed by atoms with E-state index in [-0.39, 0.29) is 52.7 Å². The monoisotopic (exact) mass is 397 g/mol. The summed E-state index contributed by atoms with van der Waals surface area (Å²) in [5, 5.41) is 20.4. The van der Waals surface area contributed by atoms with E-state index in [1.165, 1.54) is 6.07 Å². The average molecular weight is 397 g/mol. The summed E-state index contributed by atoms with van der Waals surface area (Å²) in [5.74, 6) is -1.04. The van der Waals surface area contributed by atoms with Crippen molar-refractivity contribution in [1.82, 2.24) is 0 Å². The fraction of sp³-hybridized carbons (Fsp3) is 0.391. The Kier molecular flexibility index (Phi) is 5.94. The number of anilines is 1. The second-order valence-corrected chi connectivity index (χ2v) is 7.67. The van der Waals surface area contributed by atoms with Crippen molar-refractivity contribution in [2.75, 3.05) is 18.9 Å². The first-order valence-electron chi connectivity index (χ1n) is 9.96. The third-order valence-corrected chi connectivity index (χ3v) is 5.86. The van der Waals surface area contributed by atoms with Crippen LogP contribution in [0, 0.1) is 5.41 Å². The van der Waals surface area contributed by atoms with Gasteiger partial charge in [0.2, 0.25) is 0 Å². The van der Waals surface area contributed by atoms with Crippen LogP contribution in [0.25, 0.3) is 0 Å². The van der Waals surface area contributed by atoms with Gasteiger partial charge in [0.15, 0.2) is 11.6 Å². The zero-order valence-electron chi connectivity index (χ0n) is 16.8. The van der Waals surface area contributed by atoms with E-state index in [9.17, 15) is 19.8 Å². The van der Waals surface area contributed by atoms with Crippen LogP contribution in [-0.2, 0) is 0 Å². The largest absolute Gasteiger partial charge is 0.507 e. The van der Waals surface area contributed by atoms with Gasteiger partial charge in [0, 0.05) is 22.6 Å². The van der Waals surface area contributed by atoms with Gasteiger partial charge < -0.3 is 20.7 Å². The Morgan fingerprint density at radius 2 is 1.69 bits per heavy atom. The van der Waals surface area contributed by atoms with E-state index in [2.05, 4.69) is 6.92 Å². The maximum Gasteiger partial charge on any atom is 0.198 e. The summed E-state index contributed by atoms with van der Waals surface area (Å²) in [5.41, 5.74) is 6.22. The molecule has 154 valence electrons. The van der Waals surface area contributed by atoms with Gasteiger partial charge in [0.05, 0.1) is 30.0 Å². The van der Waals surface area contributed by atoms with Crippen molar-refractivity contribution in [3.8, 4) is 11.5 Å². The second kappa shape index (κ2) is 8.25. The van der Waals surface area contributed by atoms with Crippen molar-refractivity contribution in [3.05, 3.63) is 52.6 Å². The lowest BCUT2D eigenvalue weighted by Crippen LogP contribution is -2.32. The van der Waals surface area contributed by atoms with E-state index < -0.39 is 17.0 Å². The van der Waals surface area contributed by atoms with E-state index in [1.807, 2.05) is 6.92 Å². The van der Waals surface area contributed by atoms with Crippen LogP contribution in [0.5, 0.6) is 11.5 Å². The highest BCUT2D eigenvalue weighted by molar-refractivity contribution is 6.31. The van der Waals surface area contributed by atoms with E-state index in [1.54, 1.807) is 24.3 Å². The molecule has 0 spiro atoms. The number of nitrogen functional groups attached to an aromatic ring is 1. The number of aliphatic hydroxyl groups is 1. The number of phenols is 1. The van der Waals surface area contributed by atoms with Gasteiger partial charge in [-0.3, -0.25) is 9.59 Å². The van der Waals surface area contributed by atoms with E-state index >= 15 is 0 Å². The lowest BCUT2D eigenvalue weighted by atomic mass is 9.81. The number of phenolic OH excluding ortho intramolecular Hbond substituents is 1. The van der Waals surface area contributed by atoms with E-state index in [4.69, 9.17) is 10.5 Å². The highest BCUT2D eigenvalue weighted by Crippen LogP contribution is 2.42. The molecule has 1 atom stereocenters. The number of carbonyl (C=O) groups is 2. The Labute approximate surface area is 170 Å². The molecular formula is C23H27NO5. The minimum atomic E-state index is -0.438. The molecule has 0 aromatic heterocycles. The topological polar surface area (TPSA) is 110 Å². The molecule has 29 heavy (non-hydrogen) atoms. The van der Waals surface area contributed by atoms with Crippen LogP contribution in [0.4, 0.5) is 5.69 Å². The number of ether oxygens (including phenoxy) is 1. The molecule has 0 radical (unpaired) electrons. The van der Waals surface area contributed by atoms with Gasteiger partial charge in [-0.1, -0.05) is 51.0 Å². The second-order valence-electron chi connectivity index (χ2n) is 7.67. The summed E-state index contributed by atoms with van der Waals surface area (Å²) in [6.45, 7) is 4.23. The normalized spacial score (nSPS) is 14.9. The van der Waals surface area contributed by atoms with Gasteiger partial charge in [-0.05, 0) is 12.8 Å². The number of benzene rings is 2. The molecule has 1 unspecified atom stereocenters. The zero-order valence-corrected chi connectivity index (χ0v) is 16.8. The predicted octanol–water partition coefficient (Wildman–Crippen LogP) is 3.71. The minimum absolute atomic E-state index is 0.0247.